The van der Waals surface area contributed by atoms with Crippen molar-refractivity contribution < 1.29 is 8.42 Å². The van der Waals surface area contributed by atoms with Gasteiger partial charge in [-0.1, -0.05) is 18.2 Å². The molecule has 130 valence electrons. The largest absolute Gasteiger partial charge is 0.368 e. The Hall–Kier alpha value is -2.05. The Morgan fingerprint density at radius 1 is 1.12 bits per heavy atom. The van der Waals surface area contributed by atoms with Gasteiger partial charge in [-0.2, -0.15) is 0 Å². The van der Waals surface area contributed by atoms with E-state index >= 15 is 0 Å². The second-order valence-corrected chi connectivity index (χ2v) is 8.84. The van der Waals surface area contributed by atoms with Crippen LogP contribution in [0.5, 0.6) is 0 Å². The van der Waals surface area contributed by atoms with Crippen LogP contribution < -0.4 is 10.2 Å². The molecule has 25 heavy (non-hydrogen) atoms. The van der Waals surface area contributed by atoms with E-state index < -0.39 is 10.0 Å². The van der Waals surface area contributed by atoms with Crippen molar-refractivity contribution >= 4 is 26.6 Å². The van der Waals surface area contributed by atoms with Gasteiger partial charge in [0.25, 0.3) is 10.0 Å². The van der Waals surface area contributed by atoms with Gasteiger partial charge in [-0.3, -0.25) is 0 Å². The molecule has 6 heteroatoms. The third-order valence-corrected chi connectivity index (χ3v) is 7.38. The molecule has 0 spiro atoms. The van der Waals surface area contributed by atoms with Crippen LogP contribution in [0.25, 0.3) is 10.9 Å². The monoisotopic (exact) mass is 355 g/mol. The molecule has 5 rings (SSSR count). The van der Waals surface area contributed by atoms with Gasteiger partial charge < -0.3 is 10.2 Å². The van der Waals surface area contributed by atoms with Crippen molar-refractivity contribution in [1.82, 2.24) is 9.29 Å². The maximum atomic E-state index is 13.2. The van der Waals surface area contributed by atoms with Crippen LogP contribution in [0.15, 0.2) is 53.6 Å². The van der Waals surface area contributed by atoms with Gasteiger partial charge in [0, 0.05) is 49.4 Å². The molecular weight excluding hydrogens is 334 g/mol. The first-order valence-electron chi connectivity index (χ1n) is 8.86. The van der Waals surface area contributed by atoms with E-state index in [1.165, 1.54) is 3.97 Å². The smallest absolute Gasteiger partial charge is 0.264 e. The van der Waals surface area contributed by atoms with Gasteiger partial charge in [0.2, 0.25) is 0 Å². The van der Waals surface area contributed by atoms with Crippen LogP contribution in [0.2, 0.25) is 0 Å². The Morgan fingerprint density at radius 2 is 1.96 bits per heavy atom. The minimum atomic E-state index is -3.50. The molecule has 5 nitrogen and oxygen atoms in total. The highest BCUT2D eigenvalue weighted by Gasteiger charge is 2.44. The van der Waals surface area contributed by atoms with E-state index in [1.54, 1.807) is 12.3 Å². The zero-order chi connectivity index (χ0) is 17.0. The fourth-order valence-electron chi connectivity index (χ4n) is 4.08. The highest BCUT2D eigenvalue weighted by Crippen LogP contribution is 2.49. The summed E-state index contributed by atoms with van der Waals surface area (Å²) in [6.07, 6.45) is 8.43. The molecule has 2 atom stereocenters. The van der Waals surface area contributed by atoms with Crippen molar-refractivity contribution in [1.29, 1.82) is 0 Å². The molecule has 0 bridgehead atoms. The van der Waals surface area contributed by atoms with Crippen molar-refractivity contribution in [2.45, 2.75) is 6.42 Å². The van der Waals surface area contributed by atoms with Crippen molar-refractivity contribution in [3.05, 3.63) is 53.6 Å². The Labute approximate surface area is 147 Å². The van der Waals surface area contributed by atoms with E-state index in [4.69, 9.17) is 0 Å². The van der Waals surface area contributed by atoms with Crippen LogP contribution in [0.3, 0.4) is 0 Å². The summed E-state index contributed by atoms with van der Waals surface area (Å²) in [5, 5.41) is 4.36. The van der Waals surface area contributed by atoms with Crippen molar-refractivity contribution in [2.24, 2.45) is 11.8 Å². The number of fused-ring (bicyclic) bond motifs is 2. The number of benzene rings is 1. The maximum Gasteiger partial charge on any atom is 0.264 e. The Bertz CT molecular complexity index is 997. The van der Waals surface area contributed by atoms with Crippen LogP contribution in [0.4, 0.5) is 5.69 Å². The normalized spacial score (nSPS) is 25.8. The van der Waals surface area contributed by atoms with Gasteiger partial charge >= 0.3 is 0 Å². The van der Waals surface area contributed by atoms with E-state index in [0.29, 0.717) is 10.8 Å². The van der Waals surface area contributed by atoms with Crippen LogP contribution in [-0.4, -0.2) is 38.6 Å². The zero-order valence-corrected chi connectivity index (χ0v) is 14.7. The first-order chi connectivity index (χ1) is 12.2. The lowest BCUT2D eigenvalue weighted by Crippen LogP contribution is -2.43. The third kappa shape index (κ3) is 2.35. The number of rotatable bonds is 3. The molecule has 2 heterocycles. The standard InChI is InChI=1S/C19H21N3O2S/c23-25(24,19-6-1-3-14-13-16(14)19)22-10-7-15-17(4-2-5-18(15)22)21-11-8-20-9-12-21/h1-7,10,14,16,20H,8-9,11-13H2. The zero-order valence-electron chi connectivity index (χ0n) is 13.9. The molecule has 1 aliphatic heterocycles. The number of nitrogens with one attached hydrogen (secondary N) is 1. The van der Waals surface area contributed by atoms with Crippen LogP contribution in [-0.2, 0) is 10.0 Å². The Balaban J connectivity index is 1.61. The third-order valence-electron chi connectivity index (χ3n) is 5.51. The predicted octanol–water partition coefficient (Wildman–Crippen LogP) is 2.32. The number of nitrogens with zero attached hydrogens (tertiary/aromatic N) is 2. The van der Waals surface area contributed by atoms with Crippen LogP contribution in [0, 0.1) is 11.8 Å². The van der Waals surface area contributed by atoms with E-state index in [-0.39, 0.29) is 5.92 Å². The van der Waals surface area contributed by atoms with E-state index in [1.807, 2.05) is 24.3 Å². The fourth-order valence-corrected chi connectivity index (χ4v) is 5.85. The first-order valence-corrected chi connectivity index (χ1v) is 10.3. The SMILES string of the molecule is O=S(=O)(C1=CC=CC2CC12)n1ccc2c(N3CCNCC3)cccc21. The van der Waals surface area contributed by atoms with Gasteiger partial charge in [-0.05, 0) is 36.6 Å². The Morgan fingerprint density at radius 3 is 2.80 bits per heavy atom. The summed E-state index contributed by atoms with van der Waals surface area (Å²) in [7, 11) is -3.50. The summed E-state index contributed by atoms with van der Waals surface area (Å²) < 4.78 is 27.9. The molecule has 2 aliphatic carbocycles. The van der Waals surface area contributed by atoms with E-state index in [0.717, 1.165) is 49.2 Å². The van der Waals surface area contributed by atoms with Crippen LogP contribution in [0.1, 0.15) is 6.42 Å². The van der Waals surface area contributed by atoms with Gasteiger partial charge in [0.1, 0.15) is 0 Å². The molecule has 2 aromatic rings. The lowest BCUT2D eigenvalue weighted by molar-refractivity contribution is 0.590. The molecule has 1 aromatic heterocycles. The second-order valence-electron chi connectivity index (χ2n) is 7.02. The van der Waals surface area contributed by atoms with Gasteiger partial charge in [-0.25, -0.2) is 12.4 Å². The maximum absolute atomic E-state index is 13.2. The number of hydrogen-bond donors (Lipinski definition) is 1. The lowest BCUT2D eigenvalue weighted by atomic mass is 10.2. The average Bonchev–Trinajstić information content (AvgIpc) is 3.30. The van der Waals surface area contributed by atoms with Gasteiger partial charge in [-0.15, -0.1) is 0 Å². The number of piperazine rings is 1. The number of allylic oxidation sites excluding steroid dienone is 4. The molecule has 0 amide bonds. The molecule has 1 saturated carbocycles. The summed E-state index contributed by atoms with van der Waals surface area (Å²) in [5.41, 5.74) is 1.89. The quantitative estimate of drug-likeness (QED) is 0.918. The lowest BCUT2D eigenvalue weighted by Gasteiger charge is -2.30. The highest BCUT2D eigenvalue weighted by molar-refractivity contribution is 7.94. The van der Waals surface area contributed by atoms with Gasteiger partial charge in [0.05, 0.1) is 10.4 Å². The summed E-state index contributed by atoms with van der Waals surface area (Å²) in [6.45, 7) is 3.79. The molecule has 2 fully saturated rings. The number of aromatic nitrogens is 1. The second kappa shape index (κ2) is 5.47. The van der Waals surface area contributed by atoms with Crippen LogP contribution >= 0.6 is 0 Å². The average molecular weight is 355 g/mol. The highest BCUT2D eigenvalue weighted by atomic mass is 32.2. The molecule has 0 radical (unpaired) electrons. The first kappa shape index (κ1) is 15.2. The molecular formula is C19H21N3O2S. The molecule has 1 N–H and O–H groups in total. The number of hydrogen-bond acceptors (Lipinski definition) is 4. The molecule has 1 saturated heterocycles. The molecule has 1 aromatic carbocycles. The van der Waals surface area contributed by atoms with Crippen molar-refractivity contribution in [3.63, 3.8) is 0 Å². The predicted molar refractivity (Wildman–Crippen MR) is 100 cm³/mol. The van der Waals surface area contributed by atoms with Crippen molar-refractivity contribution in [3.8, 4) is 0 Å². The van der Waals surface area contributed by atoms with E-state index in [2.05, 4.69) is 22.4 Å². The van der Waals surface area contributed by atoms with E-state index in [9.17, 15) is 8.42 Å². The van der Waals surface area contributed by atoms with Gasteiger partial charge in [0.15, 0.2) is 0 Å². The molecule has 2 unspecified atom stereocenters. The minimum absolute atomic E-state index is 0.170. The summed E-state index contributed by atoms with van der Waals surface area (Å²) in [6, 6.07) is 7.89. The molecule has 3 aliphatic rings. The van der Waals surface area contributed by atoms with Crippen molar-refractivity contribution in [2.75, 3.05) is 31.1 Å². The topological polar surface area (TPSA) is 54.3 Å². The summed E-state index contributed by atoms with van der Waals surface area (Å²) in [4.78, 5) is 2.89. The minimum Gasteiger partial charge on any atom is -0.368 e. The fraction of sp³-hybridized carbons (Fsp3) is 0.368. The summed E-state index contributed by atoms with van der Waals surface area (Å²) >= 11 is 0. The number of anilines is 1. The summed E-state index contributed by atoms with van der Waals surface area (Å²) in [5.74, 6) is 0.580. The Kier molecular flexibility index (Phi) is 3.33.